The number of aryl methyl sites for hydroxylation is 1. The van der Waals surface area contributed by atoms with E-state index in [0.29, 0.717) is 28.8 Å². The molecule has 0 atom stereocenters. The second-order valence-electron chi connectivity index (χ2n) is 7.79. The van der Waals surface area contributed by atoms with Crippen LogP contribution in [0.25, 0.3) is 16.9 Å². The topological polar surface area (TPSA) is 115 Å². The van der Waals surface area contributed by atoms with E-state index in [1.54, 1.807) is 24.3 Å². The number of benzene rings is 1. The van der Waals surface area contributed by atoms with Crippen molar-refractivity contribution in [3.05, 3.63) is 59.7 Å². The number of alkyl halides is 3. The first-order valence-electron chi connectivity index (χ1n) is 10.9. The maximum atomic E-state index is 13.9. The summed E-state index contributed by atoms with van der Waals surface area (Å²) in [6, 6.07) is 8.37. The number of nitrogens with zero attached hydrogens (tertiary/aromatic N) is 5. The standard InChI is InChI=1S/C23H22F3N7O3/c1-4-9-27-22(35)20-17(12-28-32(20)2)30-21(34)16-11-19-29-15(13-5-7-14(36-3)8-6-13)10-18(23(24,25)26)33(19)31-16/h5-8,10-12H,4,9H2,1-3H3,(H,27,35)(H,30,34). The Kier molecular flexibility index (Phi) is 6.64. The van der Waals surface area contributed by atoms with Crippen molar-refractivity contribution in [1.29, 1.82) is 0 Å². The van der Waals surface area contributed by atoms with Gasteiger partial charge in [0.15, 0.2) is 17.0 Å². The number of aromatic nitrogens is 5. The Morgan fingerprint density at radius 3 is 2.47 bits per heavy atom. The molecule has 0 bridgehead atoms. The van der Waals surface area contributed by atoms with Crippen LogP contribution in [0, 0.1) is 0 Å². The van der Waals surface area contributed by atoms with Crippen molar-refractivity contribution in [3.8, 4) is 17.0 Å². The maximum absolute atomic E-state index is 13.9. The molecule has 2 amide bonds. The molecule has 0 aliphatic heterocycles. The summed E-state index contributed by atoms with van der Waals surface area (Å²) in [6.07, 6.45) is -2.79. The largest absolute Gasteiger partial charge is 0.497 e. The Labute approximate surface area is 203 Å². The zero-order chi connectivity index (χ0) is 26.0. The molecular weight excluding hydrogens is 479 g/mol. The summed E-state index contributed by atoms with van der Waals surface area (Å²) >= 11 is 0. The number of ether oxygens (including phenoxy) is 1. The van der Waals surface area contributed by atoms with Crippen LogP contribution in [0.15, 0.2) is 42.6 Å². The van der Waals surface area contributed by atoms with Crippen molar-refractivity contribution >= 4 is 23.1 Å². The van der Waals surface area contributed by atoms with Crippen LogP contribution in [0.1, 0.15) is 40.0 Å². The number of hydrogen-bond acceptors (Lipinski definition) is 6. The van der Waals surface area contributed by atoms with Crippen molar-refractivity contribution in [2.24, 2.45) is 7.05 Å². The van der Waals surface area contributed by atoms with Crippen LogP contribution >= 0.6 is 0 Å². The van der Waals surface area contributed by atoms with E-state index in [1.807, 2.05) is 6.92 Å². The molecule has 0 saturated heterocycles. The molecule has 0 unspecified atom stereocenters. The van der Waals surface area contributed by atoms with Crippen molar-refractivity contribution in [2.75, 3.05) is 19.0 Å². The molecule has 188 valence electrons. The van der Waals surface area contributed by atoms with Gasteiger partial charge in [-0.25, -0.2) is 9.50 Å². The molecule has 2 N–H and O–H groups in total. The van der Waals surface area contributed by atoms with Gasteiger partial charge in [0.2, 0.25) is 0 Å². The fraction of sp³-hybridized carbons (Fsp3) is 0.261. The molecule has 4 rings (SSSR count). The van der Waals surface area contributed by atoms with Crippen molar-refractivity contribution < 1.29 is 27.5 Å². The van der Waals surface area contributed by atoms with Gasteiger partial charge in [-0.1, -0.05) is 6.92 Å². The van der Waals surface area contributed by atoms with E-state index in [0.717, 1.165) is 12.1 Å². The minimum absolute atomic E-state index is 0.0477. The molecule has 0 spiro atoms. The van der Waals surface area contributed by atoms with Crippen LogP contribution in [0.4, 0.5) is 18.9 Å². The Bertz CT molecular complexity index is 1430. The molecule has 13 heteroatoms. The third-order valence-electron chi connectivity index (χ3n) is 5.27. The lowest BCUT2D eigenvalue weighted by atomic mass is 10.1. The summed E-state index contributed by atoms with van der Waals surface area (Å²) in [5, 5.41) is 13.0. The number of halogens is 3. The van der Waals surface area contributed by atoms with Crippen molar-refractivity contribution in [3.63, 3.8) is 0 Å². The van der Waals surface area contributed by atoms with Crippen LogP contribution in [0.2, 0.25) is 0 Å². The number of carbonyl (C=O) groups is 2. The molecule has 0 aliphatic rings. The molecular formula is C23H22F3N7O3. The first-order valence-corrected chi connectivity index (χ1v) is 10.9. The van der Waals surface area contributed by atoms with E-state index in [2.05, 4.69) is 25.8 Å². The van der Waals surface area contributed by atoms with Gasteiger partial charge in [-0.2, -0.15) is 23.4 Å². The summed E-state index contributed by atoms with van der Waals surface area (Å²) in [5.41, 5.74) is -0.928. The SMILES string of the molecule is CCCNC(=O)c1c(NC(=O)c2cc3nc(-c4ccc(OC)cc4)cc(C(F)(F)F)n3n2)cnn1C. The lowest BCUT2D eigenvalue weighted by Gasteiger charge is -2.11. The fourth-order valence-electron chi connectivity index (χ4n) is 3.50. The minimum atomic E-state index is -4.77. The van der Waals surface area contributed by atoms with Gasteiger partial charge < -0.3 is 15.4 Å². The quantitative estimate of drug-likeness (QED) is 0.400. The third kappa shape index (κ3) is 4.85. The summed E-state index contributed by atoms with van der Waals surface area (Å²) in [4.78, 5) is 29.6. The highest BCUT2D eigenvalue weighted by Crippen LogP contribution is 2.33. The number of carbonyl (C=O) groups excluding carboxylic acids is 2. The normalized spacial score (nSPS) is 11.5. The number of amides is 2. The average molecular weight is 501 g/mol. The molecule has 4 aromatic rings. The van der Waals surface area contributed by atoms with E-state index in [1.165, 1.54) is 25.0 Å². The highest BCUT2D eigenvalue weighted by Gasteiger charge is 2.36. The lowest BCUT2D eigenvalue weighted by molar-refractivity contribution is -0.142. The van der Waals surface area contributed by atoms with E-state index >= 15 is 0 Å². The third-order valence-corrected chi connectivity index (χ3v) is 5.27. The molecule has 36 heavy (non-hydrogen) atoms. The molecule has 0 radical (unpaired) electrons. The number of methoxy groups -OCH3 is 1. The maximum Gasteiger partial charge on any atom is 0.433 e. The smallest absolute Gasteiger partial charge is 0.433 e. The summed E-state index contributed by atoms with van der Waals surface area (Å²) in [7, 11) is 3.01. The van der Waals surface area contributed by atoms with E-state index in [4.69, 9.17) is 4.74 Å². The van der Waals surface area contributed by atoms with E-state index in [9.17, 15) is 22.8 Å². The highest BCUT2D eigenvalue weighted by molar-refractivity contribution is 6.07. The Morgan fingerprint density at radius 1 is 1.11 bits per heavy atom. The van der Waals surface area contributed by atoms with Crippen LogP contribution in [0.5, 0.6) is 5.75 Å². The summed E-state index contributed by atoms with van der Waals surface area (Å²) < 4.78 is 48.6. The fourth-order valence-corrected chi connectivity index (χ4v) is 3.50. The van der Waals surface area contributed by atoms with Crippen molar-refractivity contribution in [1.82, 2.24) is 29.7 Å². The average Bonchev–Trinajstić information content (AvgIpc) is 3.44. The highest BCUT2D eigenvalue weighted by atomic mass is 19.4. The van der Waals surface area contributed by atoms with E-state index in [-0.39, 0.29) is 28.4 Å². The number of hydrogen-bond donors (Lipinski definition) is 2. The molecule has 0 saturated carbocycles. The zero-order valence-corrected chi connectivity index (χ0v) is 19.6. The van der Waals surface area contributed by atoms with Crippen LogP contribution in [-0.4, -0.2) is 49.8 Å². The monoisotopic (exact) mass is 501 g/mol. The molecule has 3 heterocycles. The van der Waals surface area contributed by atoms with Gasteiger partial charge in [0.05, 0.1) is 24.7 Å². The first-order chi connectivity index (χ1) is 17.1. The van der Waals surface area contributed by atoms with Gasteiger partial charge in [-0.3, -0.25) is 14.3 Å². The zero-order valence-electron chi connectivity index (χ0n) is 19.6. The van der Waals surface area contributed by atoms with Gasteiger partial charge in [-0.15, -0.1) is 0 Å². The Morgan fingerprint density at radius 2 is 1.83 bits per heavy atom. The van der Waals surface area contributed by atoms with Gasteiger partial charge in [0.1, 0.15) is 11.4 Å². The Balaban J connectivity index is 1.71. The first kappa shape index (κ1) is 24.7. The number of anilines is 1. The lowest BCUT2D eigenvalue weighted by Crippen LogP contribution is -2.27. The molecule has 3 aromatic heterocycles. The van der Waals surface area contributed by atoms with Crippen molar-refractivity contribution in [2.45, 2.75) is 19.5 Å². The molecule has 10 nitrogen and oxygen atoms in total. The predicted octanol–water partition coefficient (Wildman–Crippen LogP) is 3.55. The second-order valence-corrected chi connectivity index (χ2v) is 7.79. The van der Waals surface area contributed by atoms with Crippen LogP contribution in [0.3, 0.4) is 0 Å². The summed E-state index contributed by atoms with van der Waals surface area (Å²) in [5.74, 6) is -0.734. The van der Waals surface area contributed by atoms with Crippen LogP contribution in [-0.2, 0) is 13.2 Å². The number of rotatable bonds is 7. The molecule has 0 fully saturated rings. The second kappa shape index (κ2) is 9.68. The van der Waals surface area contributed by atoms with Gasteiger partial charge in [-0.05, 0) is 36.8 Å². The minimum Gasteiger partial charge on any atom is -0.497 e. The molecule has 0 aliphatic carbocycles. The van der Waals surface area contributed by atoms with Gasteiger partial charge in [0.25, 0.3) is 11.8 Å². The number of fused-ring (bicyclic) bond motifs is 1. The van der Waals surface area contributed by atoms with Gasteiger partial charge in [0, 0.05) is 25.2 Å². The van der Waals surface area contributed by atoms with E-state index < -0.39 is 23.7 Å². The van der Waals surface area contributed by atoms with Crippen LogP contribution < -0.4 is 15.4 Å². The Hall–Kier alpha value is -4.42. The molecule has 1 aromatic carbocycles. The summed E-state index contributed by atoms with van der Waals surface area (Å²) in [6.45, 7) is 2.31. The number of nitrogens with one attached hydrogen (secondary N) is 2. The van der Waals surface area contributed by atoms with Gasteiger partial charge >= 0.3 is 6.18 Å². The predicted molar refractivity (Wildman–Crippen MR) is 124 cm³/mol.